The fourth-order valence-corrected chi connectivity index (χ4v) is 2.98. The molecule has 106 valence electrons. The van der Waals surface area contributed by atoms with Crippen molar-refractivity contribution in [2.24, 2.45) is 0 Å². The summed E-state index contributed by atoms with van der Waals surface area (Å²) in [6.45, 7) is 0.536. The molecule has 0 bridgehead atoms. The lowest BCUT2D eigenvalue weighted by molar-refractivity contribution is 0.344. The Kier molecular flexibility index (Phi) is 5.73. The SMILES string of the molecule is Nc1ccc(SCCOc2ccc(Cl)cc2Cl)cc1Cl. The van der Waals surface area contributed by atoms with Gasteiger partial charge in [-0.15, -0.1) is 11.8 Å². The van der Waals surface area contributed by atoms with Gasteiger partial charge in [0, 0.05) is 15.7 Å². The van der Waals surface area contributed by atoms with E-state index in [2.05, 4.69) is 0 Å². The van der Waals surface area contributed by atoms with Gasteiger partial charge in [0.05, 0.1) is 22.3 Å². The number of hydrogen-bond acceptors (Lipinski definition) is 3. The molecule has 6 heteroatoms. The minimum Gasteiger partial charge on any atom is -0.491 e. The highest BCUT2D eigenvalue weighted by atomic mass is 35.5. The third-order valence-corrected chi connectivity index (χ3v) is 4.29. The minimum atomic E-state index is 0.512. The zero-order chi connectivity index (χ0) is 14.5. The summed E-state index contributed by atoms with van der Waals surface area (Å²) < 4.78 is 5.60. The minimum absolute atomic E-state index is 0.512. The van der Waals surface area contributed by atoms with Crippen molar-refractivity contribution in [3.05, 3.63) is 51.5 Å². The maximum Gasteiger partial charge on any atom is 0.138 e. The summed E-state index contributed by atoms with van der Waals surface area (Å²) in [5.74, 6) is 1.41. The molecule has 0 atom stereocenters. The first kappa shape index (κ1) is 15.6. The molecule has 0 amide bonds. The van der Waals surface area contributed by atoms with Gasteiger partial charge in [0.1, 0.15) is 5.75 Å². The lowest BCUT2D eigenvalue weighted by Crippen LogP contribution is -2.00. The molecule has 2 aromatic rings. The maximum atomic E-state index is 6.02. The van der Waals surface area contributed by atoms with Crippen molar-refractivity contribution in [3.8, 4) is 5.75 Å². The van der Waals surface area contributed by atoms with Crippen molar-refractivity contribution in [2.75, 3.05) is 18.1 Å². The zero-order valence-corrected chi connectivity index (χ0v) is 13.5. The summed E-state index contributed by atoms with van der Waals surface area (Å²) in [5.41, 5.74) is 6.24. The molecule has 0 aromatic heterocycles. The van der Waals surface area contributed by atoms with E-state index in [0.29, 0.717) is 33.1 Å². The Bertz CT molecular complexity index is 607. The molecule has 0 fully saturated rings. The molecule has 0 radical (unpaired) electrons. The average molecular weight is 349 g/mol. The van der Waals surface area contributed by atoms with Crippen LogP contribution in [0.15, 0.2) is 41.3 Å². The third kappa shape index (κ3) is 4.38. The molecule has 0 saturated heterocycles. The van der Waals surface area contributed by atoms with E-state index >= 15 is 0 Å². The first-order valence-electron chi connectivity index (χ1n) is 5.82. The van der Waals surface area contributed by atoms with Gasteiger partial charge in [-0.25, -0.2) is 0 Å². The van der Waals surface area contributed by atoms with Crippen LogP contribution in [0.4, 0.5) is 5.69 Å². The van der Waals surface area contributed by atoms with Gasteiger partial charge in [-0.3, -0.25) is 0 Å². The number of anilines is 1. The van der Waals surface area contributed by atoms with Crippen LogP contribution in [-0.2, 0) is 0 Å². The molecule has 0 saturated carbocycles. The van der Waals surface area contributed by atoms with Crippen LogP contribution in [-0.4, -0.2) is 12.4 Å². The second kappa shape index (κ2) is 7.32. The fourth-order valence-electron chi connectivity index (χ4n) is 1.50. The van der Waals surface area contributed by atoms with Crippen LogP contribution in [0.25, 0.3) is 0 Å². The predicted octanol–water partition coefficient (Wildman–Crippen LogP) is 5.40. The standard InChI is InChI=1S/C14H12Cl3NOS/c15-9-1-4-14(12(17)7-9)19-5-6-20-10-2-3-13(18)11(16)8-10/h1-4,7-8H,5-6,18H2. The molecule has 20 heavy (non-hydrogen) atoms. The highest BCUT2D eigenvalue weighted by molar-refractivity contribution is 7.99. The van der Waals surface area contributed by atoms with Crippen LogP contribution in [0.5, 0.6) is 5.75 Å². The topological polar surface area (TPSA) is 35.2 Å². The first-order valence-corrected chi connectivity index (χ1v) is 7.94. The van der Waals surface area contributed by atoms with Gasteiger partial charge in [-0.05, 0) is 36.4 Å². The number of thioether (sulfide) groups is 1. The Hall–Kier alpha value is -0.740. The molecule has 0 heterocycles. The summed E-state index contributed by atoms with van der Waals surface area (Å²) in [7, 11) is 0. The van der Waals surface area contributed by atoms with Crippen LogP contribution in [0.1, 0.15) is 0 Å². The number of nitrogens with two attached hydrogens (primary N) is 1. The van der Waals surface area contributed by atoms with Gasteiger partial charge >= 0.3 is 0 Å². The smallest absolute Gasteiger partial charge is 0.138 e. The molecule has 0 spiro atoms. The Labute approximate surface area is 137 Å². The second-order valence-corrected chi connectivity index (χ2v) is 6.37. The van der Waals surface area contributed by atoms with E-state index in [9.17, 15) is 0 Å². The molecule has 2 aromatic carbocycles. The monoisotopic (exact) mass is 347 g/mol. The molecule has 0 aliphatic heterocycles. The number of benzene rings is 2. The van der Waals surface area contributed by atoms with E-state index in [1.807, 2.05) is 12.1 Å². The average Bonchev–Trinajstić information content (AvgIpc) is 2.40. The van der Waals surface area contributed by atoms with Crippen LogP contribution >= 0.6 is 46.6 Å². The van der Waals surface area contributed by atoms with Crippen molar-refractivity contribution in [2.45, 2.75) is 4.90 Å². The molecular formula is C14H12Cl3NOS. The normalized spacial score (nSPS) is 10.6. The van der Waals surface area contributed by atoms with Gasteiger partial charge in [-0.2, -0.15) is 0 Å². The molecule has 0 aliphatic carbocycles. The van der Waals surface area contributed by atoms with Gasteiger partial charge in [0.2, 0.25) is 0 Å². The van der Waals surface area contributed by atoms with Crippen LogP contribution in [0, 0.1) is 0 Å². The summed E-state index contributed by atoms with van der Waals surface area (Å²) in [4.78, 5) is 1.05. The fraction of sp³-hybridized carbons (Fsp3) is 0.143. The Morgan fingerprint density at radius 2 is 1.80 bits per heavy atom. The van der Waals surface area contributed by atoms with E-state index in [4.69, 9.17) is 45.3 Å². The van der Waals surface area contributed by atoms with Crippen molar-refractivity contribution in [3.63, 3.8) is 0 Å². The quantitative estimate of drug-likeness (QED) is 0.446. The molecule has 0 unspecified atom stereocenters. The van der Waals surface area contributed by atoms with Crippen LogP contribution in [0.3, 0.4) is 0 Å². The molecule has 2 N–H and O–H groups in total. The summed E-state index contributed by atoms with van der Waals surface area (Å²) in [6, 6.07) is 10.7. The number of hydrogen-bond donors (Lipinski definition) is 1. The summed E-state index contributed by atoms with van der Waals surface area (Å²) in [5, 5.41) is 1.67. The van der Waals surface area contributed by atoms with Crippen LogP contribution in [0.2, 0.25) is 15.1 Å². The largest absolute Gasteiger partial charge is 0.491 e. The molecule has 0 aliphatic rings. The van der Waals surface area contributed by atoms with E-state index in [0.717, 1.165) is 10.6 Å². The van der Waals surface area contributed by atoms with Gasteiger partial charge in [0.25, 0.3) is 0 Å². The second-order valence-electron chi connectivity index (χ2n) is 3.95. The van der Waals surface area contributed by atoms with E-state index in [1.54, 1.807) is 36.0 Å². The Balaban J connectivity index is 1.82. The van der Waals surface area contributed by atoms with Crippen LogP contribution < -0.4 is 10.5 Å². The van der Waals surface area contributed by atoms with Crippen molar-refractivity contribution in [1.82, 2.24) is 0 Å². The van der Waals surface area contributed by atoms with Crippen molar-refractivity contribution < 1.29 is 4.74 Å². The number of nitrogen functional groups attached to an aromatic ring is 1. The van der Waals surface area contributed by atoms with Gasteiger partial charge < -0.3 is 10.5 Å². The summed E-state index contributed by atoms with van der Waals surface area (Å²) in [6.07, 6.45) is 0. The molecular weight excluding hydrogens is 337 g/mol. The lowest BCUT2D eigenvalue weighted by atomic mass is 10.3. The molecule has 2 nitrogen and oxygen atoms in total. The van der Waals surface area contributed by atoms with E-state index < -0.39 is 0 Å². The predicted molar refractivity (Wildman–Crippen MR) is 88.5 cm³/mol. The Morgan fingerprint density at radius 3 is 2.50 bits per heavy atom. The van der Waals surface area contributed by atoms with Gasteiger partial charge in [-0.1, -0.05) is 34.8 Å². The number of rotatable bonds is 5. The number of ether oxygens (including phenoxy) is 1. The van der Waals surface area contributed by atoms with Crippen molar-refractivity contribution >= 4 is 52.3 Å². The van der Waals surface area contributed by atoms with E-state index in [1.165, 1.54) is 0 Å². The molecule has 2 rings (SSSR count). The van der Waals surface area contributed by atoms with Crippen molar-refractivity contribution in [1.29, 1.82) is 0 Å². The first-order chi connectivity index (χ1) is 9.56. The number of halogens is 3. The highest BCUT2D eigenvalue weighted by Gasteiger charge is 2.03. The lowest BCUT2D eigenvalue weighted by Gasteiger charge is -2.08. The maximum absolute atomic E-state index is 6.02. The van der Waals surface area contributed by atoms with E-state index in [-0.39, 0.29) is 0 Å². The highest BCUT2D eigenvalue weighted by Crippen LogP contribution is 2.29. The zero-order valence-electron chi connectivity index (χ0n) is 10.4. The van der Waals surface area contributed by atoms with Gasteiger partial charge in [0.15, 0.2) is 0 Å². The summed E-state index contributed by atoms with van der Waals surface area (Å²) >= 11 is 19.4. The Morgan fingerprint density at radius 1 is 1.00 bits per heavy atom. The third-order valence-electron chi connectivity index (χ3n) is 2.48.